The van der Waals surface area contributed by atoms with E-state index in [1.54, 1.807) is 18.2 Å². The highest BCUT2D eigenvalue weighted by Gasteiger charge is 2.24. The van der Waals surface area contributed by atoms with Gasteiger partial charge in [0, 0.05) is 12.6 Å². The van der Waals surface area contributed by atoms with E-state index in [0.717, 1.165) is 24.8 Å². The van der Waals surface area contributed by atoms with E-state index in [2.05, 4.69) is 17.0 Å². The molecule has 0 saturated heterocycles. The molecule has 0 amide bonds. The summed E-state index contributed by atoms with van der Waals surface area (Å²) in [4.78, 5) is 0.361. The summed E-state index contributed by atoms with van der Waals surface area (Å²) in [5.74, 6) is 0.540. The van der Waals surface area contributed by atoms with Gasteiger partial charge in [0.25, 0.3) is 0 Å². The Kier molecular flexibility index (Phi) is 4.60. The number of benzene rings is 1. The van der Waals surface area contributed by atoms with Crippen LogP contribution in [-0.2, 0) is 10.0 Å². The van der Waals surface area contributed by atoms with Gasteiger partial charge in [-0.2, -0.15) is 0 Å². The highest BCUT2D eigenvalue weighted by molar-refractivity contribution is 7.89. The third-order valence-electron chi connectivity index (χ3n) is 3.59. The molecule has 0 aliphatic heterocycles. The Morgan fingerprint density at radius 3 is 2.68 bits per heavy atom. The fourth-order valence-corrected chi connectivity index (χ4v) is 3.31. The molecule has 0 heterocycles. The van der Waals surface area contributed by atoms with Gasteiger partial charge in [-0.05, 0) is 49.9 Å². The lowest BCUT2D eigenvalue weighted by Gasteiger charge is -2.15. The first kappa shape index (κ1) is 14.5. The Morgan fingerprint density at radius 1 is 1.37 bits per heavy atom. The molecular formula is C14H22N2O2S. The summed E-state index contributed by atoms with van der Waals surface area (Å²) in [5, 5.41) is 3.19. The standard InChI is InChI=1S/C14H22N2O2S/c1-3-14(15-2)12-5-4-6-13(9-12)19(17,18)16-10-11-7-8-11/h4-6,9,11,14-16H,3,7-8,10H2,1-2H3. The first-order chi connectivity index (χ1) is 9.06. The topological polar surface area (TPSA) is 58.2 Å². The SMILES string of the molecule is CCC(NC)c1cccc(S(=O)(=O)NCC2CC2)c1. The summed E-state index contributed by atoms with van der Waals surface area (Å²) in [6.07, 6.45) is 3.20. The van der Waals surface area contributed by atoms with Crippen molar-refractivity contribution in [1.29, 1.82) is 0 Å². The quantitative estimate of drug-likeness (QED) is 0.804. The van der Waals surface area contributed by atoms with Gasteiger partial charge in [-0.3, -0.25) is 0 Å². The van der Waals surface area contributed by atoms with Crippen molar-refractivity contribution < 1.29 is 8.42 Å². The van der Waals surface area contributed by atoms with Crippen LogP contribution in [0.5, 0.6) is 0 Å². The van der Waals surface area contributed by atoms with Crippen molar-refractivity contribution in [3.8, 4) is 0 Å². The van der Waals surface area contributed by atoms with Crippen molar-refractivity contribution in [2.24, 2.45) is 5.92 Å². The second-order valence-corrected chi connectivity index (χ2v) is 6.88. The Hall–Kier alpha value is -0.910. The molecule has 1 saturated carbocycles. The smallest absolute Gasteiger partial charge is 0.240 e. The van der Waals surface area contributed by atoms with Crippen molar-refractivity contribution >= 4 is 10.0 Å². The van der Waals surface area contributed by atoms with E-state index in [1.165, 1.54) is 0 Å². The third kappa shape index (κ3) is 3.78. The number of rotatable bonds is 7. The first-order valence-corrected chi connectivity index (χ1v) is 8.32. The lowest BCUT2D eigenvalue weighted by atomic mass is 10.1. The van der Waals surface area contributed by atoms with Crippen LogP contribution < -0.4 is 10.0 Å². The highest BCUT2D eigenvalue weighted by Crippen LogP contribution is 2.28. The summed E-state index contributed by atoms with van der Waals surface area (Å²) >= 11 is 0. The Balaban J connectivity index is 2.16. The van der Waals surface area contributed by atoms with Crippen molar-refractivity contribution in [3.63, 3.8) is 0 Å². The number of nitrogens with one attached hydrogen (secondary N) is 2. The molecule has 1 aliphatic carbocycles. The van der Waals surface area contributed by atoms with Crippen molar-refractivity contribution in [2.45, 2.75) is 37.1 Å². The summed E-state index contributed by atoms with van der Waals surface area (Å²) in [6, 6.07) is 7.38. The van der Waals surface area contributed by atoms with Crippen LogP contribution in [-0.4, -0.2) is 22.0 Å². The minimum Gasteiger partial charge on any atom is -0.313 e. The molecule has 0 aromatic heterocycles. The van der Waals surface area contributed by atoms with Crippen LogP contribution in [0, 0.1) is 5.92 Å². The van der Waals surface area contributed by atoms with Gasteiger partial charge in [-0.1, -0.05) is 19.1 Å². The molecule has 1 fully saturated rings. The predicted molar refractivity (Wildman–Crippen MR) is 76.4 cm³/mol. The Bertz CT molecular complexity index is 520. The van der Waals surface area contributed by atoms with Gasteiger partial charge in [0.2, 0.25) is 10.0 Å². The third-order valence-corrected chi connectivity index (χ3v) is 5.01. The van der Waals surface area contributed by atoms with E-state index in [1.807, 2.05) is 13.1 Å². The van der Waals surface area contributed by atoms with Crippen molar-refractivity contribution in [2.75, 3.05) is 13.6 Å². The molecule has 5 heteroatoms. The fraction of sp³-hybridized carbons (Fsp3) is 0.571. The zero-order valence-electron chi connectivity index (χ0n) is 11.5. The molecule has 0 radical (unpaired) electrons. The maximum atomic E-state index is 12.2. The molecule has 19 heavy (non-hydrogen) atoms. The van der Waals surface area contributed by atoms with Crippen LogP contribution in [0.4, 0.5) is 0 Å². The van der Waals surface area contributed by atoms with Crippen LogP contribution in [0.1, 0.15) is 37.8 Å². The van der Waals surface area contributed by atoms with Gasteiger partial charge in [0.15, 0.2) is 0 Å². The van der Waals surface area contributed by atoms with Crippen molar-refractivity contribution in [3.05, 3.63) is 29.8 Å². The normalized spacial score (nSPS) is 17.4. The molecule has 0 spiro atoms. The van der Waals surface area contributed by atoms with E-state index in [9.17, 15) is 8.42 Å². The molecular weight excluding hydrogens is 260 g/mol. The second kappa shape index (κ2) is 6.03. The van der Waals surface area contributed by atoms with E-state index >= 15 is 0 Å². The minimum atomic E-state index is -3.37. The van der Waals surface area contributed by atoms with Crippen LogP contribution in [0.25, 0.3) is 0 Å². The van der Waals surface area contributed by atoms with Gasteiger partial charge >= 0.3 is 0 Å². The summed E-state index contributed by atoms with van der Waals surface area (Å²) in [7, 11) is -1.48. The minimum absolute atomic E-state index is 0.193. The largest absolute Gasteiger partial charge is 0.313 e. The number of hydrogen-bond donors (Lipinski definition) is 2. The molecule has 1 atom stereocenters. The average molecular weight is 282 g/mol. The first-order valence-electron chi connectivity index (χ1n) is 6.83. The van der Waals surface area contributed by atoms with Crippen LogP contribution >= 0.6 is 0 Å². The number of hydrogen-bond acceptors (Lipinski definition) is 3. The van der Waals surface area contributed by atoms with Gasteiger partial charge in [-0.25, -0.2) is 13.1 Å². The zero-order valence-corrected chi connectivity index (χ0v) is 12.3. The van der Waals surface area contributed by atoms with Gasteiger partial charge in [-0.15, -0.1) is 0 Å². The van der Waals surface area contributed by atoms with Crippen LogP contribution in [0.15, 0.2) is 29.2 Å². The predicted octanol–water partition coefficient (Wildman–Crippen LogP) is 2.05. The lowest BCUT2D eigenvalue weighted by Crippen LogP contribution is -2.26. The molecule has 4 nitrogen and oxygen atoms in total. The maximum absolute atomic E-state index is 12.2. The molecule has 2 N–H and O–H groups in total. The molecule has 1 unspecified atom stereocenters. The fourth-order valence-electron chi connectivity index (χ4n) is 2.14. The van der Waals surface area contributed by atoms with Gasteiger partial charge < -0.3 is 5.32 Å². The van der Waals surface area contributed by atoms with Gasteiger partial charge in [0.1, 0.15) is 0 Å². The molecule has 1 aromatic carbocycles. The summed E-state index contributed by atoms with van der Waals surface area (Å²) < 4.78 is 27.1. The van der Waals surface area contributed by atoms with E-state index in [4.69, 9.17) is 0 Å². The van der Waals surface area contributed by atoms with Crippen LogP contribution in [0.3, 0.4) is 0 Å². The van der Waals surface area contributed by atoms with Gasteiger partial charge in [0.05, 0.1) is 4.90 Å². The van der Waals surface area contributed by atoms with E-state index in [-0.39, 0.29) is 6.04 Å². The molecule has 1 aromatic rings. The Morgan fingerprint density at radius 2 is 2.11 bits per heavy atom. The highest BCUT2D eigenvalue weighted by atomic mass is 32.2. The van der Waals surface area contributed by atoms with Crippen LogP contribution in [0.2, 0.25) is 0 Å². The monoisotopic (exact) mass is 282 g/mol. The zero-order chi connectivity index (χ0) is 13.9. The Labute approximate surface area is 115 Å². The van der Waals surface area contributed by atoms with Crippen molar-refractivity contribution in [1.82, 2.24) is 10.0 Å². The lowest BCUT2D eigenvalue weighted by molar-refractivity contribution is 0.569. The number of sulfonamides is 1. The van der Waals surface area contributed by atoms with E-state index < -0.39 is 10.0 Å². The molecule has 106 valence electrons. The average Bonchev–Trinajstić information content (AvgIpc) is 3.22. The maximum Gasteiger partial charge on any atom is 0.240 e. The second-order valence-electron chi connectivity index (χ2n) is 5.12. The molecule has 0 bridgehead atoms. The van der Waals surface area contributed by atoms with E-state index in [0.29, 0.717) is 17.4 Å². The molecule has 1 aliphatic rings. The molecule has 2 rings (SSSR count). The summed E-state index contributed by atoms with van der Waals surface area (Å²) in [6.45, 7) is 2.64. The summed E-state index contributed by atoms with van der Waals surface area (Å²) in [5.41, 5.74) is 1.01.